The van der Waals surface area contributed by atoms with Crippen molar-refractivity contribution in [3.05, 3.63) is 71.0 Å². The van der Waals surface area contributed by atoms with Gasteiger partial charge >= 0.3 is 0 Å². The zero-order chi connectivity index (χ0) is 16.9. The van der Waals surface area contributed by atoms with E-state index in [1.54, 1.807) is 12.1 Å². The molecule has 1 heterocycles. The summed E-state index contributed by atoms with van der Waals surface area (Å²) in [6.07, 6.45) is 0. The number of rotatable bonds is 4. The van der Waals surface area contributed by atoms with Crippen LogP contribution in [0.1, 0.15) is 17.2 Å². The molecule has 0 bridgehead atoms. The van der Waals surface area contributed by atoms with Crippen LogP contribution in [0.15, 0.2) is 54.6 Å². The van der Waals surface area contributed by atoms with Gasteiger partial charge < -0.3 is 5.32 Å². The summed E-state index contributed by atoms with van der Waals surface area (Å²) in [5, 5.41) is 12.2. The topological polar surface area (TPSA) is 78.7 Å². The van der Waals surface area contributed by atoms with E-state index in [1.807, 2.05) is 48.5 Å². The van der Waals surface area contributed by atoms with Gasteiger partial charge in [-0.15, -0.1) is 0 Å². The van der Waals surface area contributed by atoms with E-state index < -0.39 is 11.8 Å². The normalized spacial score (nSPS) is 11.7. The molecule has 118 valence electrons. The maximum atomic E-state index is 12.4. The Morgan fingerprint density at radius 1 is 1.08 bits per heavy atom. The van der Waals surface area contributed by atoms with Crippen molar-refractivity contribution in [2.45, 2.75) is 12.5 Å². The third-order valence-electron chi connectivity index (χ3n) is 3.53. The second kappa shape index (κ2) is 7.07. The molecule has 5 nitrogen and oxygen atoms in total. The highest BCUT2D eigenvalue weighted by Gasteiger charge is 2.25. The van der Waals surface area contributed by atoms with Crippen LogP contribution in [0.3, 0.4) is 0 Å². The van der Waals surface area contributed by atoms with Crippen molar-refractivity contribution in [3.63, 3.8) is 0 Å². The number of benzene rings is 2. The molecule has 3 aromatic rings. The van der Waals surface area contributed by atoms with E-state index in [1.165, 1.54) is 0 Å². The second-order valence-corrected chi connectivity index (χ2v) is 5.51. The Kier molecular flexibility index (Phi) is 4.69. The van der Waals surface area contributed by atoms with Crippen LogP contribution in [0.25, 0.3) is 11.0 Å². The number of para-hydroxylation sites is 2. The summed E-state index contributed by atoms with van der Waals surface area (Å²) in [5.41, 5.74) is 2.32. The average Bonchev–Trinajstić information content (AvgIpc) is 2.62. The van der Waals surface area contributed by atoms with Crippen LogP contribution in [0.2, 0.25) is 5.15 Å². The maximum Gasteiger partial charge on any atom is 0.243 e. The Bertz CT molecular complexity index is 921. The largest absolute Gasteiger partial charge is 0.351 e. The van der Waals surface area contributed by atoms with Crippen LogP contribution in [0.5, 0.6) is 0 Å². The van der Waals surface area contributed by atoms with Crippen LogP contribution in [-0.4, -0.2) is 15.9 Å². The summed E-state index contributed by atoms with van der Waals surface area (Å²) in [6.45, 7) is 0.330. The molecule has 0 spiro atoms. The summed E-state index contributed by atoms with van der Waals surface area (Å²) in [6, 6.07) is 18.6. The first-order valence-electron chi connectivity index (χ1n) is 7.32. The Morgan fingerprint density at radius 2 is 1.71 bits per heavy atom. The molecule has 1 atom stereocenters. The van der Waals surface area contributed by atoms with Gasteiger partial charge in [0.25, 0.3) is 0 Å². The highest BCUT2D eigenvalue weighted by molar-refractivity contribution is 6.30. The molecule has 0 fully saturated rings. The third-order valence-corrected chi connectivity index (χ3v) is 3.81. The molecule has 1 aromatic heterocycles. The molecule has 0 aliphatic carbocycles. The summed E-state index contributed by atoms with van der Waals surface area (Å²) >= 11 is 6.13. The summed E-state index contributed by atoms with van der Waals surface area (Å²) in [4.78, 5) is 20.9. The van der Waals surface area contributed by atoms with E-state index in [2.05, 4.69) is 15.3 Å². The summed E-state index contributed by atoms with van der Waals surface area (Å²) < 4.78 is 0. The molecule has 2 aromatic carbocycles. The molecular weight excluding hydrogens is 324 g/mol. The van der Waals surface area contributed by atoms with Gasteiger partial charge in [-0.1, -0.05) is 54.1 Å². The lowest BCUT2D eigenvalue weighted by Crippen LogP contribution is -2.29. The van der Waals surface area contributed by atoms with E-state index in [4.69, 9.17) is 11.6 Å². The molecular formula is C18H13ClN4O. The van der Waals surface area contributed by atoms with Gasteiger partial charge in [-0.25, -0.2) is 9.97 Å². The molecule has 0 unspecified atom stereocenters. The predicted octanol–water partition coefficient (Wildman–Crippen LogP) is 3.21. The summed E-state index contributed by atoms with van der Waals surface area (Å²) in [7, 11) is 0. The van der Waals surface area contributed by atoms with Gasteiger partial charge in [-0.05, 0) is 17.7 Å². The van der Waals surface area contributed by atoms with Gasteiger partial charge in [0.15, 0.2) is 11.1 Å². The number of hydrogen-bond acceptors (Lipinski definition) is 4. The number of hydrogen-bond donors (Lipinski definition) is 1. The van der Waals surface area contributed by atoms with Gasteiger partial charge in [0.2, 0.25) is 5.91 Å². The number of aromatic nitrogens is 2. The molecule has 0 saturated carbocycles. The Morgan fingerprint density at radius 3 is 2.38 bits per heavy atom. The minimum Gasteiger partial charge on any atom is -0.351 e. The standard InChI is InChI=1S/C18H13ClN4O/c19-17-16(22-14-8-4-5-9-15(14)23-17)13(10-20)18(24)21-11-12-6-2-1-3-7-12/h1-9,13H,11H2,(H,21,24)/t13-/m1/s1. The number of fused-ring (bicyclic) bond motifs is 1. The van der Waals surface area contributed by atoms with Crippen molar-refractivity contribution >= 4 is 28.5 Å². The molecule has 0 radical (unpaired) electrons. The molecule has 24 heavy (non-hydrogen) atoms. The number of amides is 1. The lowest BCUT2D eigenvalue weighted by Gasteiger charge is -2.11. The third kappa shape index (κ3) is 3.34. The van der Waals surface area contributed by atoms with E-state index in [0.717, 1.165) is 5.56 Å². The monoisotopic (exact) mass is 336 g/mol. The van der Waals surface area contributed by atoms with E-state index >= 15 is 0 Å². The Labute approximate surface area is 143 Å². The van der Waals surface area contributed by atoms with Gasteiger partial charge in [-0.3, -0.25) is 4.79 Å². The average molecular weight is 337 g/mol. The minimum absolute atomic E-state index is 0.0649. The van der Waals surface area contributed by atoms with Crippen LogP contribution >= 0.6 is 11.6 Å². The number of nitriles is 1. The number of nitrogens with zero attached hydrogens (tertiary/aromatic N) is 3. The lowest BCUT2D eigenvalue weighted by atomic mass is 10.1. The van der Waals surface area contributed by atoms with Crippen molar-refractivity contribution in [3.8, 4) is 6.07 Å². The fourth-order valence-corrected chi connectivity index (χ4v) is 2.55. The van der Waals surface area contributed by atoms with Gasteiger partial charge in [-0.2, -0.15) is 5.26 Å². The van der Waals surface area contributed by atoms with Crippen LogP contribution in [-0.2, 0) is 11.3 Å². The van der Waals surface area contributed by atoms with E-state index in [-0.39, 0.29) is 10.8 Å². The quantitative estimate of drug-likeness (QED) is 0.793. The van der Waals surface area contributed by atoms with Gasteiger partial charge in [0.05, 0.1) is 17.1 Å². The maximum absolute atomic E-state index is 12.4. The van der Waals surface area contributed by atoms with Crippen LogP contribution < -0.4 is 5.32 Å². The lowest BCUT2D eigenvalue weighted by molar-refractivity contribution is -0.121. The minimum atomic E-state index is -1.11. The SMILES string of the molecule is N#C[C@@H](C(=O)NCc1ccccc1)c1nc2ccccc2nc1Cl. The van der Waals surface area contributed by atoms with Crippen LogP contribution in [0.4, 0.5) is 0 Å². The second-order valence-electron chi connectivity index (χ2n) is 5.15. The molecule has 1 N–H and O–H groups in total. The van der Waals surface area contributed by atoms with Crippen LogP contribution in [0, 0.1) is 11.3 Å². The highest BCUT2D eigenvalue weighted by atomic mass is 35.5. The molecule has 0 aliphatic heterocycles. The van der Waals surface area contributed by atoms with E-state index in [0.29, 0.717) is 17.6 Å². The molecule has 3 rings (SSSR count). The van der Waals surface area contributed by atoms with Gasteiger partial charge in [0, 0.05) is 6.54 Å². The predicted molar refractivity (Wildman–Crippen MR) is 91.2 cm³/mol. The van der Waals surface area contributed by atoms with E-state index in [9.17, 15) is 10.1 Å². The smallest absolute Gasteiger partial charge is 0.243 e. The number of halogens is 1. The van der Waals surface area contributed by atoms with Crippen molar-refractivity contribution in [2.24, 2.45) is 0 Å². The zero-order valence-corrected chi connectivity index (χ0v) is 13.4. The molecule has 0 aliphatic rings. The zero-order valence-electron chi connectivity index (χ0n) is 12.6. The first-order valence-corrected chi connectivity index (χ1v) is 7.70. The van der Waals surface area contributed by atoms with Crippen molar-refractivity contribution < 1.29 is 4.79 Å². The van der Waals surface area contributed by atoms with Gasteiger partial charge in [0.1, 0.15) is 5.69 Å². The molecule has 6 heteroatoms. The van der Waals surface area contributed by atoms with Crippen molar-refractivity contribution in [1.82, 2.24) is 15.3 Å². The molecule has 0 saturated heterocycles. The van der Waals surface area contributed by atoms with Crippen molar-refractivity contribution in [1.29, 1.82) is 5.26 Å². The van der Waals surface area contributed by atoms with Crippen molar-refractivity contribution in [2.75, 3.05) is 0 Å². The highest BCUT2D eigenvalue weighted by Crippen LogP contribution is 2.24. The fraction of sp³-hybridized carbons (Fsp3) is 0.111. The first-order chi connectivity index (χ1) is 11.7. The number of carbonyl (C=O) groups excluding carboxylic acids is 1. The number of nitrogens with one attached hydrogen (secondary N) is 1. The first kappa shape index (κ1) is 15.9. The molecule has 1 amide bonds. The summed E-state index contributed by atoms with van der Waals surface area (Å²) in [5.74, 6) is -1.56. The fourth-order valence-electron chi connectivity index (χ4n) is 2.31. The Balaban J connectivity index is 1.84. The number of carbonyl (C=O) groups is 1. The Hall–Kier alpha value is -2.97.